The molecule has 0 bridgehead atoms. The Morgan fingerprint density at radius 3 is 2.20 bits per heavy atom. The molecule has 2 rings (SSSR count). The summed E-state index contributed by atoms with van der Waals surface area (Å²) in [5.74, 6) is 0. The van der Waals surface area contributed by atoms with Crippen LogP contribution < -0.4 is 5.32 Å². The zero-order chi connectivity index (χ0) is 14.4. The molecule has 20 heavy (non-hydrogen) atoms. The number of methoxy groups -OCH3 is 1. The van der Waals surface area contributed by atoms with Crippen LogP contribution in [0, 0.1) is 0 Å². The van der Waals surface area contributed by atoms with Crippen molar-refractivity contribution in [3.63, 3.8) is 0 Å². The summed E-state index contributed by atoms with van der Waals surface area (Å²) in [7, 11) is 1.75. The molecule has 0 radical (unpaired) electrons. The lowest BCUT2D eigenvalue weighted by atomic mass is 9.95. The third-order valence-corrected chi connectivity index (χ3v) is 3.59. The van der Waals surface area contributed by atoms with Gasteiger partial charge in [-0.15, -0.1) is 0 Å². The second-order valence-electron chi connectivity index (χ2n) is 4.65. The van der Waals surface area contributed by atoms with E-state index in [0.717, 1.165) is 17.1 Å². The first-order valence-electron chi connectivity index (χ1n) is 6.83. The Hall–Kier alpha value is -1.35. The van der Waals surface area contributed by atoms with Crippen LogP contribution in [-0.4, -0.2) is 13.7 Å². The zero-order valence-electron chi connectivity index (χ0n) is 11.8. The maximum atomic E-state index is 5.97. The van der Waals surface area contributed by atoms with Crippen LogP contribution in [0.1, 0.15) is 30.2 Å². The van der Waals surface area contributed by atoms with Gasteiger partial charge in [-0.2, -0.15) is 0 Å². The molecule has 2 aromatic rings. The smallest absolute Gasteiger partial charge is 0.102 e. The van der Waals surface area contributed by atoms with Gasteiger partial charge in [-0.1, -0.05) is 61.0 Å². The summed E-state index contributed by atoms with van der Waals surface area (Å²) in [6.45, 7) is 2.97. The highest BCUT2D eigenvalue weighted by atomic mass is 35.5. The lowest BCUT2D eigenvalue weighted by Crippen LogP contribution is -2.28. The van der Waals surface area contributed by atoms with Crippen molar-refractivity contribution in [3.05, 3.63) is 70.7 Å². The third-order valence-electron chi connectivity index (χ3n) is 3.34. The first kappa shape index (κ1) is 15.0. The topological polar surface area (TPSA) is 21.3 Å². The van der Waals surface area contributed by atoms with Gasteiger partial charge in [0.2, 0.25) is 0 Å². The van der Waals surface area contributed by atoms with Crippen LogP contribution in [0.15, 0.2) is 54.6 Å². The van der Waals surface area contributed by atoms with Gasteiger partial charge in [0.15, 0.2) is 0 Å². The summed E-state index contributed by atoms with van der Waals surface area (Å²) < 4.78 is 5.74. The first-order chi connectivity index (χ1) is 9.76. The molecule has 3 heteroatoms. The maximum Gasteiger partial charge on any atom is 0.102 e. The lowest BCUT2D eigenvalue weighted by molar-refractivity contribution is 0.0681. The number of ether oxygens (including phenoxy) is 1. The van der Waals surface area contributed by atoms with Crippen LogP contribution in [0.25, 0.3) is 0 Å². The molecule has 2 aromatic carbocycles. The number of halogens is 1. The molecule has 2 unspecified atom stereocenters. The summed E-state index contributed by atoms with van der Waals surface area (Å²) in [5, 5.41) is 4.25. The summed E-state index contributed by atoms with van der Waals surface area (Å²) in [5.41, 5.74) is 2.34. The van der Waals surface area contributed by atoms with E-state index in [2.05, 4.69) is 24.4 Å². The number of benzene rings is 2. The fraction of sp³-hybridized carbons (Fsp3) is 0.294. The molecule has 2 atom stereocenters. The van der Waals surface area contributed by atoms with Gasteiger partial charge in [-0.25, -0.2) is 0 Å². The minimum atomic E-state index is -0.0303. The van der Waals surface area contributed by atoms with Gasteiger partial charge in [0.05, 0.1) is 6.04 Å². The van der Waals surface area contributed by atoms with Crippen LogP contribution in [0.5, 0.6) is 0 Å². The summed E-state index contributed by atoms with van der Waals surface area (Å²) >= 11 is 5.97. The minimum Gasteiger partial charge on any atom is -0.375 e. The highest BCUT2D eigenvalue weighted by Crippen LogP contribution is 2.32. The molecular weight excluding hydrogens is 270 g/mol. The molecule has 0 aliphatic rings. The van der Waals surface area contributed by atoms with Crippen molar-refractivity contribution in [1.29, 1.82) is 0 Å². The van der Waals surface area contributed by atoms with Crippen molar-refractivity contribution in [3.8, 4) is 0 Å². The average Bonchev–Trinajstić information content (AvgIpc) is 2.49. The number of rotatable bonds is 6. The molecule has 0 saturated carbocycles. The summed E-state index contributed by atoms with van der Waals surface area (Å²) in [4.78, 5) is 0. The molecule has 0 amide bonds. The van der Waals surface area contributed by atoms with Gasteiger partial charge >= 0.3 is 0 Å². The van der Waals surface area contributed by atoms with E-state index in [-0.39, 0.29) is 12.1 Å². The number of hydrogen-bond acceptors (Lipinski definition) is 2. The van der Waals surface area contributed by atoms with Crippen molar-refractivity contribution >= 4 is 11.6 Å². The molecule has 0 saturated heterocycles. The van der Waals surface area contributed by atoms with Crippen molar-refractivity contribution in [2.75, 3.05) is 13.7 Å². The van der Waals surface area contributed by atoms with Gasteiger partial charge in [0.1, 0.15) is 6.10 Å². The molecule has 0 aromatic heterocycles. The number of hydrogen-bond donors (Lipinski definition) is 1. The highest BCUT2D eigenvalue weighted by molar-refractivity contribution is 6.30. The van der Waals surface area contributed by atoms with E-state index in [0.29, 0.717) is 0 Å². The highest BCUT2D eigenvalue weighted by Gasteiger charge is 2.23. The quantitative estimate of drug-likeness (QED) is 0.852. The molecule has 2 nitrogen and oxygen atoms in total. The van der Waals surface area contributed by atoms with Crippen molar-refractivity contribution in [1.82, 2.24) is 5.32 Å². The summed E-state index contributed by atoms with van der Waals surface area (Å²) in [6, 6.07) is 18.3. The molecule has 0 heterocycles. The first-order valence-corrected chi connectivity index (χ1v) is 7.20. The summed E-state index contributed by atoms with van der Waals surface area (Å²) in [6.07, 6.45) is -0.0303. The van der Waals surface area contributed by atoms with E-state index < -0.39 is 0 Å². The zero-order valence-corrected chi connectivity index (χ0v) is 12.6. The fourth-order valence-corrected chi connectivity index (χ4v) is 2.52. The lowest BCUT2D eigenvalue weighted by Gasteiger charge is -2.27. The fourth-order valence-electron chi connectivity index (χ4n) is 2.40. The molecule has 0 fully saturated rings. The van der Waals surface area contributed by atoms with Crippen molar-refractivity contribution < 1.29 is 4.74 Å². The van der Waals surface area contributed by atoms with Crippen molar-refractivity contribution in [2.24, 2.45) is 0 Å². The van der Waals surface area contributed by atoms with Crippen LogP contribution in [-0.2, 0) is 4.74 Å². The van der Waals surface area contributed by atoms with E-state index in [1.165, 1.54) is 5.56 Å². The normalized spacial score (nSPS) is 13.9. The Labute approximate surface area is 125 Å². The minimum absolute atomic E-state index is 0.0303. The Morgan fingerprint density at radius 2 is 1.65 bits per heavy atom. The van der Waals surface area contributed by atoms with Gasteiger partial charge in [0, 0.05) is 12.1 Å². The van der Waals surface area contributed by atoms with Crippen LogP contribution in [0.2, 0.25) is 5.02 Å². The van der Waals surface area contributed by atoms with Crippen LogP contribution in [0.3, 0.4) is 0 Å². The number of nitrogens with one attached hydrogen (secondary N) is 1. The van der Waals surface area contributed by atoms with E-state index >= 15 is 0 Å². The molecule has 0 aliphatic heterocycles. The van der Waals surface area contributed by atoms with Crippen LogP contribution >= 0.6 is 11.6 Å². The molecule has 1 N–H and O–H groups in total. The maximum absolute atomic E-state index is 5.97. The SMILES string of the molecule is CCNC(c1ccc(Cl)cc1)C(OC)c1ccccc1. The van der Waals surface area contributed by atoms with Gasteiger partial charge in [0.25, 0.3) is 0 Å². The van der Waals surface area contributed by atoms with Crippen LogP contribution in [0.4, 0.5) is 0 Å². The monoisotopic (exact) mass is 289 g/mol. The molecule has 0 spiro atoms. The van der Waals surface area contributed by atoms with Gasteiger partial charge < -0.3 is 10.1 Å². The Morgan fingerprint density at radius 1 is 1.00 bits per heavy atom. The largest absolute Gasteiger partial charge is 0.375 e. The van der Waals surface area contributed by atoms with Gasteiger partial charge in [-0.05, 0) is 29.8 Å². The van der Waals surface area contributed by atoms with E-state index in [1.807, 2.05) is 42.5 Å². The number of likely N-dealkylation sites (N-methyl/N-ethyl adjacent to an activating group) is 1. The Balaban J connectivity index is 2.33. The average molecular weight is 290 g/mol. The second kappa shape index (κ2) is 7.44. The van der Waals surface area contributed by atoms with Crippen molar-refractivity contribution in [2.45, 2.75) is 19.1 Å². The standard InChI is InChI=1S/C17H20ClNO/c1-3-19-16(13-9-11-15(18)12-10-13)17(20-2)14-7-5-4-6-8-14/h4-12,16-17,19H,3H2,1-2H3. The third kappa shape index (κ3) is 3.60. The predicted molar refractivity (Wildman–Crippen MR) is 84.1 cm³/mol. The predicted octanol–water partition coefficient (Wildman–Crippen LogP) is 4.38. The Bertz CT molecular complexity index is 512. The van der Waals surface area contributed by atoms with E-state index in [1.54, 1.807) is 7.11 Å². The molecular formula is C17H20ClNO. The van der Waals surface area contributed by atoms with Gasteiger partial charge in [-0.3, -0.25) is 0 Å². The molecule has 106 valence electrons. The second-order valence-corrected chi connectivity index (χ2v) is 5.09. The van der Waals surface area contributed by atoms with E-state index in [9.17, 15) is 0 Å². The van der Waals surface area contributed by atoms with E-state index in [4.69, 9.17) is 16.3 Å². The molecule has 0 aliphatic carbocycles. The Kier molecular flexibility index (Phi) is 5.60.